The third kappa shape index (κ3) is 3.38. The van der Waals surface area contributed by atoms with Crippen molar-refractivity contribution in [3.05, 3.63) is 26.6 Å². The van der Waals surface area contributed by atoms with Gasteiger partial charge in [-0.15, -0.1) is 11.3 Å². The molecule has 1 aliphatic rings. The molecule has 1 amide bonds. The van der Waals surface area contributed by atoms with Crippen molar-refractivity contribution in [2.75, 3.05) is 6.61 Å². The van der Waals surface area contributed by atoms with Gasteiger partial charge in [0.25, 0.3) is 11.5 Å². The van der Waals surface area contributed by atoms with Gasteiger partial charge in [-0.25, -0.2) is 9.78 Å². The first-order chi connectivity index (χ1) is 12.5. The summed E-state index contributed by atoms with van der Waals surface area (Å²) in [5.41, 5.74) is 0.483. The van der Waals surface area contributed by atoms with E-state index in [0.717, 1.165) is 42.8 Å². The van der Waals surface area contributed by atoms with Gasteiger partial charge >= 0.3 is 5.97 Å². The van der Waals surface area contributed by atoms with E-state index in [-0.39, 0.29) is 24.1 Å². The van der Waals surface area contributed by atoms with Crippen LogP contribution in [0.15, 0.2) is 4.79 Å². The van der Waals surface area contributed by atoms with Crippen LogP contribution in [0.1, 0.15) is 54.2 Å². The molecule has 7 nitrogen and oxygen atoms in total. The molecule has 2 aromatic rings. The number of fused-ring (bicyclic) bond motifs is 2. The molecule has 0 bridgehead atoms. The summed E-state index contributed by atoms with van der Waals surface area (Å²) in [5.74, 6) is -0.133. The van der Waals surface area contributed by atoms with E-state index in [1.807, 2.05) is 13.8 Å². The van der Waals surface area contributed by atoms with Crippen molar-refractivity contribution in [2.24, 2.45) is 0 Å². The summed E-state index contributed by atoms with van der Waals surface area (Å²) in [5, 5.41) is 3.31. The molecule has 0 fully saturated rings. The molecule has 0 atom stereocenters. The lowest BCUT2D eigenvalue weighted by Gasteiger charge is -2.14. The van der Waals surface area contributed by atoms with Crippen molar-refractivity contribution < 1.29 is 14.3 Å². The number of aryl methyl sites for hydroxylation is 2. The Morgan fingerprint density at radius 1 is 1.35 bits per heavy atom. The van der Waals surface area contributed by atoms with Crippen molar-refractivity contribution in [3.8, 4) is 0 Å². The highest BCUT2D eigenvalue weighted by Gasteiger charge is 2.24. The molecule has 0 saturated carbocycles. The van der Waals surface area contributed by atoms with Crippen molar-refractivity contribution in [1.29, 1.82) is 0 Å². The van der Waals surface area contributed by atoms with Crippen LogP contribution < -0.4 is 10.9 Å². The summed E-state index contributed by atoms with van der Waals surface area (Å²) in [6.07, 6.45) is 3.34. The Morgan fingerprint density at radius 2 is 2.08 bits per heavy atom. The Kier molecular flexibility index (Phi) is 5.41. The number of aromatic nitrogens is 2. The number of ether oxygens (including phenoxy) is 1. The Bertz CT molecular complexity index is 911. The van der Waals surface area contributed by atoms with Gasteiger partial charge in [-0.3, -0.25) is 14.2 Å². The summed E-state index contributed by atoms with van der Waals surface area (Å²) in [6, 6.07) is 0.0823. The van der Waals surface area contributed by atoms with Crippen LogP contribution in [-0.4, -0.2) is 34.1 Å². The minimum Gasteiger partial charge on any atom is -0.451 e. The minimum atomic E-state index is -0.588. The van der Waals surface area contributed by atoms with E-state index in [9.17, 15) is 14.4 Å². The van der Waals surface area contributed by atoms with Gasteiger partial charge in [-0.1, -0.05) is 13.8 Å². The van der Waals surface area contributed by atoms with Crippen LogP contribution in [0.25, 0.3) is 10.2 Å². The van der Waals surface area contributed by atoms with Gasteiger partial charge in [0.1, 0.15) is 15.5 Å². The maximum Gasteiger partial charge on any atom is 0.349 e. The zero-order valence-electron chi connectivity index (χ0n) is 15.3. The Labute approximate surface area is 155 Å². The molecule has 1 aliphatic heterocycles. The average Bonchev–Trinajstić information content (AvgIpc) is 3.22. The van der Waals surface area contributed by atoms with Gasteiger partial charge in [0, 0.05) is 19.0 Å². The summed E-state index contributed by atoms with van der Waals surface area (Å²) in [7, 11) is 0. The fourth-order valence-electron chi connectivity index (χ4n) is 3.23. The number of carbonyl (C=O) groups excluding carboxylic acids is 2. The van der Waals surface area contributed by atoms with E-state index in [4.69, 9.17) is 4.74 Å². The Morgan fingerprint density at radius 3 is 2.77 bits per heavy atom. The molecule has 0 radical (unpaired) electrons. The normalized spacial score (nSPS) is 13.2. The molecule has 8 heteroatoms. The molecule has 3 rings (SSSR count). The van der Waals surface area contributed by atoms with Crippen LogP contribution in [-0.2, 0) is 22.5 Å². The van der Waals surface area contributed by atoms with Crippen molar-refractivity contribution in [2.45, 2.75) is 59.0 Å². The number of amides is 1. The van der Waals surface area contributed by atoms with E-state index in [1.54, 1.807) is 11.5 Å². The van der Waals surface area contributed by atoms with Crippen molar-refractivity contribution in [3.63, 3.8) is 0 Å². The van der Waals surface area contributed by atoms with E-state index < -0.39 is 5.97 Å². The zero-order valence-corrected chi connectivity index (χ0v) is 16.1. The maximum atomic E-state index is 12.6. The quantitative estimate of drug-likeness (QED) is 0.779. The minimum absolute atomic E-state index is 0.0823. The zero-order chi connectivity index (χ0) is 18.8. The lowest BCUT2D eigenvalue weighted by atomic mass is 10.2. The topological polar surface area (TPSA) is 90.3 Å². The highest BCUT2D eigenvalue weighted by atomic mass is 32.1. The van der Waals surface area contributed by atoms with Crippen LogP contribution in [0.3, 0.4) is 0 Å². The van der Waals surface area contributed by atoms with Crippen molar-refractivity contribution >= 4 is 33.4 Å². The molecule has 0 aliphatic carbocycles. The molecular formula is C18H23N3O4S. The molecule has 26 heavy (non-hydrogen) atoms. The van der Waals surface area contributed by atoms with Gasteiger partial charge < -0.3 is 10.1 Å². The molecule has 0 saturated heterocycles. The number of esters is 1. The number of thiophene rings is 1. The third-order valence-corrected chi connectivity index (χ3v) is 5.95. The van der Waals surface area contributed by atoms with E-state index in [2.05, 4.69) is 10.3 Å². The lowest BCUT2D eigenvalue weighted by Crippen LogP contribution is -2.36. The van der Waals surface area contributed by atoms with Crippen molar-refractivity contribution in [1.82, 2.24) is 14.9 Å². The standard InChI is InChI=1S/C18H23N3O4S/c1-4-11(5-2)19-13(22)9-25-18(24)15-10(3)14-16(26-15)20-12-7-6-8-21(12)17(14)23/h11H,4-9H2,1-3H3,(H,19,22). The second kappa shape index (κ2) is 7.57. The fraction of sp³-hybridized carbons (Fsp3) is 0.556. The van der Waals surface area contributed by atoms with Gasteiger partial charge in [0.15, 0.2) is 6.61 Å². The molecule has 1 N–H and O–H groups in total. The highest BCUT2D eigenvalue weighted by Crippen LogP contribution is 2.29. The number of hydrogen-bond donors (Lipinski definition) is 1. The summed E-state index contributed by atoms with van der Waals surface area (Å²) < 4.78 is 6.83. The predicted octanol–water partition coefficient (Wildman–Crippen LogP) is 2.17. The first kappa shape index (κ1) is 18.6. The maximum absolute atomic E-state index is 12.6. The number of nitrogens with zero attached hydrogens (tertiary/aromatic N) is 2. The van der Waals surface area contributed by atoms with Crippen LogP contribution >= 0.6 is 11.3 Å². The molecule has 0 unspecified atom stereocenters. The largest absolute Gasteiger partial charge is 0.451 e. The molecule has 3 heterocycles. The lowest BCUT2D eigenvalue weighted by molar-refractivity contribution is -0.125. The molecule has 0 aromatic carbocycles. The third-order valence-electron chi connectivity index (χ3n) is 4.78. The van der Waals surface area contributed by atoms with Crippen LogP contribution in [0, 0.1) is 6.92 Å². The highest BCUT2D eigenvalue weighted by molar-refractivity contribution is 7.20. The summed E-state index contributed by atoms with van der Waals surface area (Å²) >= 11 is 1.16. The summed E-state index contributed by atoms with van der Waals surface area (Å²) in [4.78, 5) is 42.4. The van der Waals surface area contributed by atoms with E-state index in [0.29, 0.717) is 27.2 Å². The van der Waals surface area contributed by atoms with Crippen LogP contribution in [0.4, 0.5) is 0 Å². The average molecular weight is 377 g/mol. The Hall–Kier alpha value is -2.22. The number of rotatable bonds is 6. The van der Waals surface area contributed by atoms with Gasteiger partial charge in [-0.05, 0) is 31.7 Å². The fourth-order valence-corrected chi connectivity index (χ4v) is 4.31. The summed E-state index contributed by atoms with van der Waals surface area (Å²) in [6.45, 7) is 6.05. The predicted molar refractivity (Wildman–Crippen MR) is 99.7 cm³/mol. The van der Waals surface area contributed by atoms with E-state index >= 15 is 0 Å². The van der Waals surface area contributed by atoms with Crippen LogP contribution in [0.5, 0.6) is 0 Å². The Balaban J connectivity index is 1.77. The van der Waals surface area contributed by atoms with E-state index in [1.165, 1.54) is 0 Å². The second-order valence-corrected chi connectivity index (χ2v) is 7.48. The first-order valence-corrected chi connectivity index (χ1v) is 9.77. The van der Waals surface area contributed by atoms with Gasteiger partial charge in [0.2, 0.25) is 0 Å². The van der Waals surface area contributed by atoms with Gasteiger partial charge in [0.05, 0.1) is 5.39 Å². The molecular weight excluding hydrogens is 354 g/mol. The first-order valence-electron chi connectivity index (χ1n) is 8.95. The molecule has 2 aromatic heterocycles. The number of nitrogens with one attached hydrogen (secondary N) is 1. The molecule has 140 valence electrons. The van der Waals surface area contributed by atoms with Crippen LogP contribution in [0.2, 0.25) is 0 Å². The number of hydrogen-bond acceptors (Lipinski definition) is 6. The second-order valence-electron chi connectivity index (χ2n) is 6.48. The smallest absolute Gasteiger partial charge is 0.349 e. The number of carbonyl (C=O) groups is 2. The SMILES string of the molecule is CCC(CC)NC(=O)COC(=O)c1sc2nc3n(c(=O)c2c1C)CCC3. The van der Waals surface area contributed by atoms with Gasteiger partial charge in [-0.2, -0.15) is 0 Å². The molecule has 0 spiro atoms. The monoisotopic (exact) mass is 377 g/mol.